The van der Waals surface area contributed by atoms with E-state index in [1.165, 1.54) is 0 Å². The molecule has 1 rings (SSSR count). The predicted molar refractivity (Wildman–Crippen MR) is 70.5 cm³/mol. The molecule has 1 aromatic carbocycles. The number of amides is 1. The molecule has 1 amide bonds. The Morgan fingerprint density at radius 3 is 2.75 bits per heavy atom. The normalized spacial score (nSPS) is 12.2. The van der Waals surface area contributed by atoms with Crippen molar-refractivity contribution in [1.29, 1.82) is 0 Å². The van der Waals surface area contributed by atoms with Gasteiger partial charge < -0.3 is 11.1 Å². The van der Waals surface area contributed by atoms with Crippen molar-refractivity contribution in [3.05, 3.63) is 27.7 Å². The summed E-state index contributed by atoms with van der Waals surface area (Å²) in [7, 11) is 0. The number of anilines is 1. The Labute approximate surface area is 105 Å². The Hall–Kier alpha value is -1.03. The van der Waals surface area contributed by atoms with Crippen LogP contribution < -0.4 is 11.1 Å². The van der Waals surface area contributed by atoms with Crippen molar-refractivity contribution in [3.8, 4) is 0 Å². The van der Waals surface area contributed by atoms with Crippen molar-refractivity contribution in [2.45, 2.75) is 33.2 Å². The predicted octanol–water partition coefficient (Wildman–Crippen LogP) is 2.87. The first-order valence-corrected chi connectivity index (χ1v) is 6.11. The van der Waals surface area contributed by atoms with Gasteiger partial charge in [-0.25, -0.2) is 0 Å². The first kappa shape index (κ1) is 13.0. The number of nitrogen functional groups attached to an aromatic ring is 1. The molecule has 0 fully saturated rings. The molecule has 4 heteroatoms. The molecule has 1 aromatic rings. The number of benzene rings is 1. The summed E-state index contributed by atoms with van der Waals surface area (Å²) in [6.07, 6.45) is 0.911. The maximum absolute atomic E-state index is 12.0. The van der Waals surface area contributed by atoms with Crippen molar-refractivity contribution in [2.75, 3.05) is 5.73 Å². The highest BCUT2D eigenvalue weighted by atomic mass is 79.9. The number of nitrogens with two attached hydrogens (primary N) is 1. The molecule has 0 radical (unpaired) electrons. The molecular weight excluding hydrogens is 268 g/mol. The maximum Gasteiger partial charge on any atom is 0.251 e. The van der Waals surface area contributed by atoms with Gasteiger partial charge in [0.2, 0.25) is 0 Å². The van der Waals surface area contributed by atoms with Crippen LogP contribution in [0, 0.1) is 6.92 Å². The van der Waals surface area contributed by atoms with E-state index in [0.717, 1.165) is 16.5 Å². The number of carbonyl (C=O) groups is 1. The van der Waals surface area contributed by atoms with Gasteiger partial charge >= 0.3 is 0 Å². The second-order valence-corrected chi connectivity index (χ2v) is 4.87. The van der Waals surface area contributed by atoms with Crippen LogP contribution in [0.4, 0.5) is 5.69 Å². The van der Waals surface area contributed by atoms with Crippen LogP contribution in [0.3, 0.4) is 0 Å². The SMILES string of the molecule is CCC(C)NC(=O)c1cc(Br)cc(N)c1C. The second-order valence-electron chi connectivity index (χ2n) is 3.95. The third kappa shape index (κ3) is 2.98. The molecular formula is C12H17BrN2O. The van der Waals surface area contributed by atoms with E-state index in [2.05, 4.69) is 21.2 Å². The molecule has 88 valence electrons. The van der Waals surface area contributed by atoms with Crippen LogP contribution in [0.15, 0.2) is 16.6 Å². The van der Waals surface area contributed by atoms with Gasteiger partial charge in [0.05, 0.1) is 0 Å². The zero-order chi connectivity index (χ0) is 12.3. The van der Waals surface area contributed by atoms with Crippen LogP contribution >= 0.6 is 15.9 Å². The minimum Gasteiger partial charge on any atom is -0.398 e. The molecule has 16 heavy (non-hydrogen) atoms. The standard InChI is InChI=1S/C12H17BrN2O/c1-4-7(2)15-12(16)10-5-9(13)6-11(14)8(10)3/h5-7H,4,14H2,1-3H3,(H,15,16). The Kier molecular flexibility index (Phi) is 4.35. The molecule has 0 aliphatic rings. The van der Waals surface area contributed by atoms with Crippen LogP contribution in [0.5, 0.6) is 0 Å². The Balaban J connectivity index is 2.99. The van der Waals surface area contributed by atoms with Gasteiger partial charge in [0, 0.05) is 21.8 Å². The summed E-state index contributed by atoms with van der Waals surface area (Å²) >= 11 is 3.34. The summed E-state index contributed by atoms with van der Waals surface area (Å²) < 4.78 is 0.824. The number of rotatable bonds is 3. The van der Waals surface area contributed by atoms with Crippen molar-refractivity contribution in [2.24, 2.45) is 0 Å². The molecule has 0 aromatic heterocycles. The largest absolute Gasteiger partial charge is 0.398 e. The lowest BCUT2D eigenvalue weighted by atomic mass is 10.1. The van der Waals surface area contributed by atoms with E-state index in [4.69, 9.17) is 5.73 Å². The number of halogens is 1. The first-order valence-electron chi connectivity index (χ1n) is 5.32. The third-order valence-electron chi connectivity index (χ3n) is 2.65. The number of carbonyl (C=O) groups excluding carboxylic acids is 1. The average Bonchev–Trinajstić information content (AvgIpc) is 2.22. The van der Waals surface area contributed by atoms with Crippen molar-refractivity contribution in [1.82, 2.24) is 5.32 Å². The van der Waals surface area contributed by atoms with Crippen molar-refractivity contribution < 1.29 is 4.79 Å². The van der Waals surface area contributed by atoms with Crippen LogP contribution in [0.1, 0.15) is 36.2 Å². The summed E-state index contributed by atoms with van der Waals surface area (Å²) in [4.78, 5) is 12.0. The van der Waals surface area contributed by atoms with E-state index in [-0.39, 0.29) is 11.9 Å². The lowest BCUT2D eigenvalue weighted by Crippen LogP contribution is -2.32. The highest BCUT2D eigenvalue weighted by molar-refractivity contribution is 9.10. The summed E-state index contributed by atoms with van der Waals surface area (Å²) in [6.45, 7) is 5.87. The van der Waals surface area contributed by atoms with E-state index < -0.39 is 0 Å². The summed E-state index contributed by atoms with van der Waals surface area (Å²) in [5.41, 5.74) is 7.90. The molecule has 0 spiro atoms. The molecule has 1 unspecified atom stereocenters. The topological polar surface area (TPSA) is 55.1 Å². The van der Waals surface area contributed by atoms with Crippen molar-refractivity contribution in [3.63, 3.8) is 0 Å². The summed E-state index contributed by atoms with van der Waals surface area (Å²) in [5.74, 6) is -0.0696. The zero-order valence-corrected chi connectivity index (χ0v) is 11.4. The van der Waals surface area contributed by atoms with Gasteiger partial charge in [-0.2, -0.15) is 0 Å². The molecule has 0 aliphatic carbocycles. The number of hydrogen-bond acceptors (Lipinski definition) is 2. The monoisotopic (exact) mass is 284 g/mol. The maximum atomic E-state index is 12.0. The first-order chi connectivity index (χ1) is 7.45. The quantitative estimate of drug-likeness (QED) is 0.839. The lowest BCUT2D eigenvalue weighted by molar-refractivity contribution is 0.0938. The fourth-order valence-electron chi connectivity index (χ4n) is 1.34. The van der Waals surface area contributed by atoms with Crippen LogP contribution in [0.25, 0.3) is 0 Å². The van der Waals surface area contributed by atoms with Crippen LogP contribution in [0.2, 0.25) is 0 Å². The molecule has 0 bridgehead atoms. The number of hydrogen-bond donors (Lipinski definition) is 2. The van der Waals surface area contributed by atoms with E-state index >= 15 is 0 Å². The molecule has 0 heterocycles. The Morgan fingerprint density at radius 1 is 1.56 bits per heavy atom. The molecule has 3 N–H and O–H groups in total. The smallest absolute Gasteiger partial charge is 0.251 e. The second kappa shape index (κ2) is 5.34. The minimum absolute atomic E-state index is 0.0696. The third-order valence-corrected chi connectivity index (χ3v) is 3.10. The summed E-state index contributed by atoms with van der Waals surface area (Å²) in [5, 5.41) is 2.93. The van der Waals surface area contributed by atoms with Crippen LogP contribution in [-0.2, 0) is 0 Å². The lowest BCUT2D eigenvalue weighted by Gasteiger charge is -2.14. The average molecular weight is 285 g/mol. The molecule has 0 aliphatic heterocycles. The summed E-state index contributed by atoms with van der Waals surface area (Å²) in [6, 6.07) is 3.77. The Bertz CT molecular complexity index is 404. The van der Waals surface area contributed by atoms with Gasteiger partial charge in [-0.15, -0.1) is 0 Å². The van der Waals surface area contributed by atoms with Gasteiger partial charge in [0.15, 0.2) is 0 Å². The molecule has 0 saturated heterocycles. The van der Waals surface area contributed by atoms with Gasteiger partial charge in [-0.1, -0.05) is 22.9 Å². The van der Waals surface area contributed by atoms with E-state index in [1.807, 2.05) is 20.8 Å². The van der Waals surface area contributed by atoms with E-state index in [1.54, 1.807) is 12.1 Å². The zero-order valence-electron chi connectivity index (χ0n) is 9.80. The Morgan fingerprint density at radius 2 is 2.19 bits per heavy atom. The molecule has 0 saturated carbocycles. The van der Waals surface area contributed by atoms with Crippen LogP contribution in [-0.4, -0.2) is 11.9 Å². The van der Waals surface area contributed by atoms with Gasteiger partial charge in [0.1, 0.15) is 0 Å². The van der Waals surface area contributed by atoms with Gasteiger partial charge in [0.25, 0.3) is 5.91 Å². The number of nitrogens with one attached hydrogen (secondary N) is 1. The highest BCUT2D eigenvalue weighted by Gasteiger charge is 2.13. The molecule has 3 nitrogen and oxygen atoms in total. The fourth-order valence-corrected chi connectivity index (χ4v) is 1.82. The van der Waals surface area contributed by atoms with Gasteiger partial charge in [-0.05, 0) is 38.0 Å². The molecule has 1 atom stereocenters. The fraction of sp³-hybridized carbons (Fsp3) is 0.417. The van der Waals surface area contributed by atoms with E-state index in [9.17, 15) is 4.79 Å². The van der Waals surface area contributed by atoms with E-state index in [0.29, 0.717) is 11.3 Å². The van der Waals surface area contributed by atoms with Crippen molar-refractivity contribution >= 4 is 27.5 Å². The van der Waals surface area contributed by atoms with Gasteiger partial charge in [-0.3, -0.25) is 4.79 Å². The highest BCUT2D eigenvalue weighted by Crippen LogP contribution is 2.22. The minimum atomic E-state index is -0.0696.